The lowest BCUT2D eigenvalue weighted by molar-refractivity contribution is -0.118. The Morgan fingerprint density at radius 3 is 2.40 bits per heavy atom. The number of hydrogen-bond acceptors (Lipinski definition) is 4. The third-order valence-electron chi connectivity index (χ3n) is 2.79. The van der Waals surface area contributed by atoms with Gasteiger partial charge in [-0.05, 0) is 38.5 Å². The maximum atomic E-state index is 13.9. The highest BCUT2D eigenvalue weighted by molar-refractivity contribution is 7.89. The van der Waals surface area contributed by atoms with Gasteiger partial charge in [-0.3, -0.25) is 4.79 Å². The fraction of sp³-hybridized carbons (Fsp3) is 0.417. The average molecular weight is 303 g/mol. The monoisotopic (exact) mass is 303 g/mol. The number of hydrogen-bond donors (Lipinski definition) is 2. The lowest BCUT2D eigenvalue weighted by Crippen LogP contribution is -2.43. The van der Waals surface area contributed by atoms with Gasteiger partial charge in [-0.25, -0.2) is 12.8 Å². The van der Waals surface area contributed by atoms with E-state index in [9.17, 15) is 17.6 Å². The number of carbonyl (C=O) groups is 1. The molecule has 0 aliphatic carbocycles. The van der Waals surface area contributed by atoms with Crippen molar-refractivity contribution in [3.8, 4) is 0 Å². The minimum absolute atomic E-state index is 0.160. The second-order valence-corrected chi connectivity index (χ2v) is 6.61. The van der Waals surface area contributed by atoms with Crippen LogP contribution in [0.2, 0.25) is 0 Å². The summed E-state index contributed by atoms with van der Waals surface area (Å²) in [5.74, 6) is -1.73. The normalized spacial score (nSPS) is 12.1. The fourth-order valence-corrected chi connectivity index (χ4v) is 3.38. The number of nitrogen functional groups attached to an aromatic ring is 1. The number of benzene rings is 1. The van der Waals surface area contributed by atoms with Gasteiger partial charge in [-0.2, -0.15) is 4.31 Å². The Hall–Kier alpha value is -1.67. The summed E-state index contributed by atoms with van der Waals surface area (Å²) in [6.45, 7) is 4.18. The molecule has 112 valence electrons. The molecule has 0 aliphatic rings. The van der Waals surface area contributed by atoms with E-state index < -0.39 is 39.2 Å². The SMILES string of the molecule is Cc1cc(F)c(S(=O)(=O)N(CC(N)=O)C(C)C)cc1N. The zero-order valence-corrected chi connectivity index (χ0v) is 12.4. The number of nitrogens with zero attached hydrogens (tertiary/aromatic N) is 1. The molecule has 0 atom stereocenters. The van der Waals surface area contributed by atoms with Crippen LogP contribution in [-0.2, 0) is 14.8 Å². The van der Waals surface area contributed by atoms with Crippen molar-refractivity contribution in [2.45, 2.75) is 31.7 Å². The minimum atomic E-state index is -4.19. The van der Waals surface area contributed by atoms with Crippen molar-refractivity contribution in [1.82, 2.24) is 4.31 Å². The third-order valence-corrected chi connectivity index (χ3v) is 4.83. The number of primary amides is 1. The summed E-state index contributed by atoms with van der Waals surface area (Å²) >= 11 is 0. The Morgan fingerprint density at radius 2 is 1.95 bits per heavy atom. The number of aryl methyl sites for hydroxylation is 1. The van der Waals surface area contributed by atoms with Crippen molar-refractivity contribution in [2.24, 2.45) is 5.73 Å². The number of halogens is 1. The van der Waals surface area contributed by atoms with E-state index in [0.29, 0.717) is 5.56 Å². The van der Waals surface area contributed by atoms with E-state index >= 15 is 0 Å². The molecule has 0 bridgehead atoms. The van der Waals surface area contributed by atoms with Gasteiger partial charge in [-0.1, -0.05) is 0 Å². The molecule has 1 aromatic carbocycles. The van der Waals surface area contributed by atoms with Crippen LogP contribution in [0.3, 0.4) is 0 Å². The van der Waals surface area contributed by atoms with Crippen LogP contribution in [0, 0.1) is 12.7 Å². The van der Waals surface area contributed by atoms with Gasteiger partial charge in [0, 0.05) is 11.7 Å². The molecule has 0 saturated carbocycles. The van der Waals surface area contributed by atoms with Crippen LogP contribution in [0.15, 0.2) is 17.0 Å². The molecule has 1 amide bonds. The summed E-state index contributed by atoms with van der Waals surface area (Å²) in [5.41, 5.74) is 11.3. The number of amides is 1. The van der Waals surface area contributed by atoms with E-state index in [1.54, 1.807) is 20.8 Å². The standard InChI is InChI=1S/C12H18FN3O3S/c1-7(2)16(6-12(15)17)20(18,19)11-5-10(14)8(3)4-9(11)13/h4-5,7H,6,14H2,1-3H3,(H2,15,17). The van der Waals surface area contributed by atoms with Crippen LogP contribution in [-0.4, -0.2) is 31.2 Å². The van der Waals surface area contributed by atoms with Crippen LogP contribution in [0.25, 0.3) is 0 Å². The maximum Gasteiger partial charge on any atom is 0.246 e. The highest BCUT2D eigenvalue weighted by Gasteiger charge is 2.31. The second-order valence-electron chi connectivity index (χ2n) is 4.75. The molecule has 1 aromatic rings. The topological polar surface area (TPSA) is 106 Å². The summed E-state index contributed by atoms with van der Waals surface area (Å²) in [6.07, 6.45) is 0. The number of nitrogens with two attached hydrogens (primary N) is 2. The lowest BCUT2D eigenvalue weighted by Gasteiger charge is -2.25. The molecule has 0 spiro atoms. The summed E-state index contributed by atoms with van der Waals surface area (Å²) in [5, 5.41) is 0. The van der Waals surface area contributed by atoms with E-state index in [-0.39, 0.29) is 5.69 Å². The zero-order chi connectivity index (χ0) is 15.7. The van der Waals surface area contributed by atoms with Crippen molar-refractivity contribution in [3.05, 3.63) is 23.5 Å². The first-order valence-electron chi connectivity index (χ1n) is 5.93. The molecule has 8 heteroatoms. The molecule has 1 rings (SSSR count). The van der Waals surface area contributed by atoms with E-state index in [2.05, 4.69) is 0 Å². The summed E-state index contributed by atoms with van der Waals surface area (Å²) in [7, 11) is -4.19. The van der Waals surface area contributed by atoms with Crippen LogP contribution in [0.4, 0.5) is 10.1 Å². The molecule has 6 nitrogen and oxygen atoms in total. The van der Waals surface area contributed by atoms with Crippen LogP contribution in [0.1, 0.15) is 19.4 Å². The highest BCUT2D eigenvalue weighted by atomic mass is 32.2. The van der Waals surface area contributed by atoms with Gasteiger partial charge in [-0.15, -0.1) is 0 Å². The molecule has 0 unspecified atom stereocenters. The first kappa shape index (κ1) is 16.4. The molecule has 0 heterocycles. The first-order valence-corrected chi connectivity index (χ1v) is 7.37. The lowest BCUT2D eigenvalue weighted by atomic mass is 10.2. The summed E-state index contributed by atoms with van der Waals surface area (Å²) in [4.78, 5) is 10.4. The number of sulfonamides is 1. The van der Waals surface area contributed by atoms with Crippen LogP contribution >= 0.6 is 0 Å². The predicted molar refractivity (Wildman–Crippen MR) is 73.8 cm³/mol. The Bertz CT molecular complexity index is 629. The van der Waals surface area contributed by atoms with Crippen molar-refractivity contribution in [3.63, 3.8) is 0 Å². The summed E-state index contributed by atoms with van der Waals surface area (Å²) < 4.78 is 39.6. The smallest absolute Gasteiger partial charge is 0.246 e. The van der Waals surface area contributed by atoms with E-state index in [1.165, 1.54) is 0 Å². The molecular weight excluding hydrogens is 285 g/mol. The predicted octanol–water partition coefficient (Wildman–Crippen LogP) is 0.601. The molecule has 0 aromatic heterocycles. The van der Waals surface area contributed by atoms with Crippen molar-refractivity contribution < 1.29 is 17.6 Å². The van der Waals surface area contributed by atoms with Gasteiger partial charge in [0.15, 0.2) is 0 Å². The van der Waals surface area contributed by atoms with Crippen molar-refractivity contribution in [2.75, 3.05) is 12.3 Å². The van der Waals surface area contributed by atoms with Crippen molar-refractivity contribution >= 4 is 21.6 Å². The molecule has 4 N–H and O–H groups in total. The number of carbonyl (C=O) groups excluding carboxylic acids is 1. The van der Waals surface area contributed by atoms with Crippen molar-refractivity contribution in [1.29, 1.82) is 0 Å². The molecular formula is C12H18FN3O3S. The molecule has 0 aliphatic heterocycles. The van der Waals surface area contributed by atoms with Crippen LogP contribution < -0.4 is 11.5 Å². The van der Waals surface area contributed by atoms with Gasteiger partial charge < -0.3 is 11.5 Å². The Labute approximate surface area is 117 Å². The minimum Gasteiger partial charge on any atom is -0.398 e. The molecule has 0 radical (unpaired) electrons. The maximum absolute atomic E-state index is 13.9. The van der Waals surface area contributed by atoms with Gasteiger partial charge in [0.05, 0.1) is 6.54 Å². The third kappa shape index (κ3) is 3.26. The van der Waals surface area contributed by atoms with Gasteiger partial charge in [0.2, 0.25) is 15.9 Å². The molecule has 20 heavy (non-hydrogen) atoms. The fourth-order valence-electron chi connectivity index (χ4n) is 1.69. The Balaban J connectivity index is 3.41. The van der Waals surface area contributed by atoms with E-state index in [0.717, 1.165) is 16.4 Å². The van der Waals surface area contributed by atoms with E-state index in [1.807, 2.05) is 0 Å². The highest BCUT2D eigenvalue weighted by Crippen LogP contribution is 2.25. The Kier molecular flexibility index (Phi) is 4.72. The average Bonchev–Trinajstić information content (AvgIpc) is 2.29. The number of anilines is 1. The second kappa shape index (κ2) is 5.76. The summed E-state index contributed by atoms with van der Waals surface area (Å²) in [6, 6.07) is 1.55. The van der Waals surface area contributed by atoms with E-state index in [4.69, 9.17) is 11.5 Å². The Morgan fingerprint density at radius 1 is 1.40 bits per heavy atom. The first-order chi connectivity index (χ1) is 9.07. The quantitative estimate of drug-likeness (QED) is 0.777. The van der Waals surface area contributed by atoms with Gasteiger partial charge >= 0.3 is 0 Å². The zero-order valence-electron chi connectivity index (χ0n) is 11.6. The van der Waals surface area contributed by atoms with Crippen LogP contribution in [0.5, 0.6) is 0 Å². The van der Waals surface area contributed by atoms with Gasteiger partial charge in [0.1, 0.15) is 10.7 Å². The number of rotatable bonds is 5. The largest absolute Gasteiger partial charge is 0.398 e. The molecule has 0 fully saturated rings. The molecule has 0 saturated heterocycles. The van der Waals surface area contributed by atoms with Gasteiger partial charge in [0.25, 0.3) is 0 Å².